The Morgan fingerprint density at radius 1 is 1.17 bits per heavy atom. The maximum atomic E-state index is 11.7. The number of rotatable bonds is 2. The molecule has 114 valence electrons. The lowest BCUT2D eigenvalue weighted by molar-refractivity contribution is 0.619. The third-order valence-electron chi connectivity index (χ3n) is 4.03. The first-order chi connectivity index (χ1) is 11.2. The van der Waals surface area contributed by atoms with E-state index in [0.717, 1.165) is 28.0 Å². The van der Waals surface area contributed by atoms with Crippen molar-refractivity contribution in [1.82, 2.24) is 9.55 Å². The molecule has 0 radical (unpaired) electrons. The fourth-order valence-electron chi connectivity index (χ4n) is 2.87. The summed E-state index contributed by atoms with van der Waals surface area (Å²) < 4.78 is 7.93. The lowest BCUT2D eigenvalue weighted by atomic mass is 9.98. The van der Waals surface area contributed by atoms with Crippen LogP contribution in [-0.2, 0) is 7.05 Å². The molecule has 0 amide bonds. The molecular weight excluding hydrogens is 290 g/mol. The van der Waals surface area contributed by atoms with Gasteiger partial charge in [0.1, 0.15) is 17.2 Å². The van der Waals surface area contributed by atoms with Crippen molar-refractivity contribution in [2.24, 2.45) is 7.05 Å². The van der Waals surface area contributed by atoms with E-state index in [9.17, 15) is 4.79 Å². The number of aryl methyl sites for hydroxylation is 1. The minimum atomic E-state index is -0.0730. The summed E-state index contributed by atoms with van der Waals surface area (Å²) >= 11 is 0. The fraction of sp³-hybridized carbons (Fsp3) is 0.111. The van der Waals surface area contributed by atoms with E-state index in [2.05, 4.69) is 10.3 Å². The average Bonchev–Trinajstić information content (AvgIpc) is 2.97. The van der Waals surface area contributed by atoms with Crippen LogP contribution in [0.4, 0.5) is 5.69 Å². The Hall–Kier alpha value is -3.08. The zero-order valence-corrected chi connectivity index (χ0v) is 12.8. The maximum absolute atomic E-state index is 11.7. The van der Waals surface area contributed by atoms with Gasteiger partial charge in [0.05, 0.1) is 0 Å². The molecule has 23 heavy (non-hydrogen) atoms. The maximum Gasteiger partial charge on any atom is 0.182 e. The Bertz CT molecular complexity index is 1050. The van der Waals surface area contributed by atoms with Gasteiger partial charge in [0.25, 0.3) is 0 Å². The lowest BCUT2D eigenvalue weighted by Crippen LogP contribution is -2.02. The van der Waals surface area contributed by atoms with Crippen molar-refractivity contribution in [3.8, 4) is 22.7 Å². The first-order valence-corrected chi connectivity index (χ1v) is 7.33. The molecule has 2 heterocycles. The number of benzene rings is 2. The topological polar surface area (TPSA) is 60.1 Å². The van der Waals surface area contributed by atoms with Crippen LogP contribution < -0.4 is 10.7 Å². The largest absolute Gasteiger partial charge is 0.456 e. The summed E-state index contributed by atoms with van der Waals surface area (Å²) in [5.74, 6) is 1.41. The van der Waals surface area contributed by atoms with Crippen LogP contribution in [-0.4, -0.2) is 16.6 Å². The molecular formula is C18H15N3O2. The van der Waals surface area contributed by atoms with Gasteiger partial charge in [0.2, 0.25) is 0 Å². The number of aromatic nitrogens is 2. The Morgan fingerprint density at radius 3 is 2.78 bits per heavy atom. The van der Waals surface area contributed by atoms with Gasteiger partial charge in [-0.3, -0.25) is 4.79 Å². The molecule has 0 fully saturated rings. The van der Waals surface area contributed by atoms with Gasteiger partial charge in [0, 0.05) is 60.8 Å². The van der Waals surface area contributed by atoms with Crippen LogP contribution in [0.3, 0.4) is 0 Å². The van der Waals surface area contributed by atoms with Gasteiger partial charge in [-0.15, -0.1) is 0 Å². The van der Waals surface area contributed by atoms with E-state index in [0.29, 0.717) is 11.3 Å². The van der Waals surface area contributed by atoms with Crippen molar-refractivity contribution in [3.05, 3.63) is 59.0 Å². The number of nitrogens with zero attached hydrogens (tertiary/aromatic N) is 2. The standard InChI is InChI=1S/C18H15N3O2/c1-19-11-3-5-13-15(9-11)23-16-10-12(22)4-6-14(16)17(13)18-20-7-8-21(18)2/h3-10,19H,1-2H3. The van der Waals surface area contributed by atoms with Gasteiger partial charge in [-0.1, -0.05) is 0 Å². The van der Waals surface area contributed by atoms with E-state index >= 15 is 0 Å². The SMILES string of the molecule is CNc1ccc2c(-c3nccn3C)c3ccc(=O)cc-3oc2c1. The number of imidazole rings is 1. The zero-order valence-electron chi connectivity index (χ0n) is 12.8. The molecule has 2 aromatic rings. The molecule has 0 saturated heterocycles. The van der Waals surface area contributed by atoms with Crippen LogP contribution in [0.5, 0.6) is 0 Å². The quantitative estimate of drug-likeness (QED) is 0.577. The Kier molecular flexibility index (Phi) is 2.94. The minimum Gasteiger partial charge on any atom is -0.456 e. The highest BCUT2D eigenvalue weighted by Crippen LogP contribution is 2.39. The number of anilines is 1. The summed E-state index contributed by atoms with van der Waals surface area (Å²) in [5, 5.41) is 4.06. The van der Waals surface area contributed by atoms with Crippen LogP contribution in [0.2, 0.25) is 0 Å². The van der Waals surface area contributed by atoms with Gasteiger partial charge in [0.15, 0.2) is 5.43 Å². The molecule has 1 aromatic carbocycles. The average molecular weight is 305 g/mol. The summed E-state index contributed by atoms with van der Waals surface area (Å²) in [6.07, 6.45) is 3.67. The predicted octanol–water partition coefficient (Wildman–Crippen LogP) is 3.34. The molecule has 1 aromatic heterocycles. The Labute approximate surface area is 132 Å². The highest BCUT2D eigenvalue weighted by atomic mass is 16.3. The monoisotopic (exact) mass is 305 g/mol. The van der Waals surface area contributed by atoms with Gasteiger partial charge < -0.3 is 14.3 Å². The highest BCUT2D eigenvalue weighted by molar-refractivity contribution is 6.01. The normalized spacial score (nSPS) is 11.2. The van der Waals surface area contributed by atoms with E-state index in [4.69, 9.17) is 4.42 Å². The number of fused-ring (bicyclic) bond motifs is 2. The van der Waals surface area contributed by atoms with E-state index in [-0.39, 0.29) is 5.43 Å². The van der Waals surface area contributed by atoms with Gasteiger partial charge in [-0.2, -0.15) is 0 Å². The van der Waals surface area contributed by atoms with Crippen molar-refractivity contribution in [3.63, 3.8) is 0 Å². The molecule has 2 aliphatic rings. The third-order valence-corrected chi connectivity index (χ3v) is 4.03. The summed E-state index contributed by atoms with van der Waals surface area (Å²) in [4.78, 5) is 16.2. The second-order valence-corrected chi connectivity index (χ2v) is 5.46. The second kappa shape index (κ2) is 4.98. The first kappa shape index (κ1) is 13.6. The van der Waals surface area contributed by atoms with Crippen molar-refractivity contribution in [2.45, 2.75) is 0 Å². The summed E-state index contributed by atoms with van der Waals surface area (Å²) in [7, 11) is 3.81. The molecule has 0 atom stereocenters. The Balaban J connectivity index is 2.19. The van der Waals surface area contributed by atoms with Crippen LogP contribution in [0.15, 0.2) is 58.0 Å². The highest BCUT2D eigenvalue weighted by Gasteiger charge is 2.19. The molecule has 0 bridgehead atoms. The van der Waals surface area contributed by atoms with Crippen molar-refractivity contribution in [2.75, 3.05) is 12.4 Å². The van der Waals surface area contributed by atoms with Crippen LogP contribution in [0, 0.1) is 0 Å². The molecule has 0 saturated carbocycles. The summed E-state index contributed by atoms with van der Waals surface area (Å²) in [5.41, 5.74) is 3.44. The van der Waals surface area contributed by atoms with Gasteiger partial charge in [-0.05, 0) is 24.3 Å². The van der Waals surface area contributed by atoms with Gasteiger partial charge >= 0.3 is 0 Å². The molecule has 0 spiro atoms. The number of nitrogens with one attached hydrogen (secondary N) is 1. The van der Waals surface area contributed by atoms with E-state index in [1.165, 1.54) is 6.07 Å². The van der Waals surface area contributed by atoms with E-state index in [1.807, 2.05) is 43.1 Å². The molecule has 5 nitrogen and oxygen atoms in total. The Morgan fingerprint density at radius 2 is 2.04 bits per heavy atom. The van der Waals surface area contributed by atoms with Crippen molar-refractivity contribution >= 4 is 16.7 Å². The van der Waals surface area contributed by atoms with Crippen LogP contribution in [0.25, 0.3) is 33.7 Å². The molecule has 4 rings (SSSR count). The first-order valence-electron chi connectivity index (χ1n) is 7.33. The molecule has 1 aliphatic carbocycles. The fourth-order valence-corrected chi connectivity index (χ4v) is 2.87. The van der Waals surface area contributed by atoms with Crippen molar-refractivity contribution in [1.29, 1.82) is 0 Å². The van der Waals surface area contributed by atoms with Crippen molar-refractivity contribution < 1.29 is 4.42 Å². The van der Waals surface area contributed by atoms with Crippen LogP contribution in [0.1, 0.15) is 0 Å². The molecule has 5 heteroatoms. The smallest absolute Gasteiger partial charge is 0.182 e. The zero-order chi connectivity index (χ0) is 16.0. The molecule has 0 unspecified atom stereocenters. The second-order valence-electron chi connectivity index (χ2n) is 5.46. The van der Waals surface area contributed by atoms with Crippen LogP contribution >= 0.6 is 0 Å². The van der Waals surface area contributed by atoms with E-state index < -0.39 is 0 Å². The summed E-state index contributed by atoms with van der Waals surface area (Å²) in [6.45, 7) is 0. The molecule has 1 N–H and O–H groups in total. The number of hydrogen-bond acceptors (Lipinski definition) is 4. The number of hydrogen-bond donors (Lipinski definition) is 1. The predicted molar refractivity (Wildman–Crippen MR) is 90.9 cm³/mol. The van der Waals surface area contributed by atoms with E-state index in [1.54, 1.807) is 18.3 Å². The minimum absolute atomic E-state index is 0.0730. The van der Waals surface area contributed by atoms with Gasteiger partial charge in [-0.25, -0.2) is 4.98 Å². The lowest BCUT2D eigenvalue weighted by Gasteiger charge is -2.15. The third kappa shape index (κ3) is 2.09. The molecule has 1 aliphatic heterocycles. The summed E-state index contributed by atoms with van der Waals surface area (Å²) in [6, 6.07) is 10.8.